The number of imidazole rings is 1. The third-order valence-electron chi connectivity index (χ3n) is 3.50. The van der Waals surface area contributed by atoms with Gasteiger partial charge >= 0.3 is 5.69 Å². The van der Waals surface area contributed by atoms with Gasteiger partial charge in [-0.2, -0.15) is 0 Å². The van der Waals surface area contributed by atoms with Crippen molar-refractivity contribution in [2.75, 3.05) is 0 Å². The van der Waals surface area contributed by atoms with Crippen LogP contribution in [-0.4, -0.2) is 20.3 Å². The minimum atomic E-state index is -0.433. The summed E-state index contributed by atoms with van der Waals surface area (Å²) in [4.78, 5) is 11.9. The number of hydrogen-bond acceptors (Lipinski definition) is 2. The molecule has 4 heteroatoms. The van der Waals surface area contributed by atoms with Gasteiger partial charge < -0.3 is 5.11 Å². The molecule has 0 amide bonds. The molecule has 1 aromatic rings. The normalized spacial score (nSPS) is 19.7. The average Bonchev–Trinajstić information content (AvgIpc) is 3.05. The van der Waals surface area contributed by atoms with Crippen LogP contribution in [-0.2, 0) is 6.54 Å². The summed E-state index contributed by atoms with van der Waals surface area (Å²) in [5, 5.41) is 9.89. The second kappa shape index (κ2) is 4.45. The van der Waals surface area contributed by atoms with Crippen molar-refractivity contribution in [3.05, 3.63) is 22.9 Å². The highest BCUT2D eigenvalue weighted by atomic mass is 16.3. The lowest BCUT2D eigenvalue weighted by Gasteiger charge is -2.16. The van der Waals surface area contributed by atoms with E-state index >= 15 is 0 Å². The zero-order valence-electron chi connectivity index (χ0n) is 9.97. The van der Waals surface area contributed by atoms with Crippen molar-refractivity contribution in [1.29, 1.82) is 0 Å². The summed E-state index contributed by atoms with van der Waals surface area (Å²) in [6.45, 7) is 4.47. The van der Waals surface area contributed by atoms with Crippen LogP contribution in [0.1, 0.15) is 39.2 Å². The van der Waals surface area contributed by atoms with Gasteiger partial charge in [0.15, 0.2) is 0 Å². The minimum absolute atomic E-state index is 0.0184. The quantitative estimate of drug-likeness (QED) is 0.821. The molecule has 1 fully saturated rings. The van der Waals surface area contributed by atoms with E-state index in [1.54, 1.807) is 15.3 Å². The summed E-state index contributed by atoms with van der Waals surface area (Å²) in [5.74, 6) is 0.233. The standard InChI is InChI=1S/C12H20N2O2/c1-3-9(2)11(15)8-13-6-7-14(12(13)16)10-4-5-10/h6-7,9-11,15H,3-5,8H2,1-2H3. The molecule has 0 bridgehead atoms. The van der Waals surface area contributed by atoms with Crippen molar-refractivity contribution in [3.63, 3.8) is 0 Å². The van der Waals surface area contributed by atoms with E-state index in [2.05, 4.69) is 0 Å². The van der Waals surface area contributed by atoms with Gasteiger partial charge in [-0.25, -0.2) is 4.79 Å². The Labute approximate surface area is 95.5 Å². The second-order valence-electron chi connectivity index (χ2n) is 4.82. The van der Waals surface area contributed by atoms with Crippen molar-refractivity contribution < 1.29 is 5.11 Å². The van der Waals surface area contributed by atoms with Gasteiger partial charge in [0.25, 0.3) is 0 Å². The van der Waals surface area contributed by atoms with Gasteiger partial charge in [0.05, 0.1) is 12.6 Å². The smallest absolute Gasteiger partial charge is 0.328 e. The van der Waals surface area contributed by atoms with Crippen molar-refractivity contribution in [3.8, 4) is 0 Å². The van der Waals surface area contributed by atoms with Gasteiger partial charge in [-0.15, -0.1) is 0 Å². The molecule has 1 aromatic heterocycles. The Balaban J connectivity index is 2.07. The summed E-state index contributed by atoms with van der Waals surface area (Å²) < 4.78 is 3.40. The SMILES string of the molecule is CCC(C)C(O)Cn1ccn(C2CC2)c1=O. The molecule has 4 nitrogen and oxygen atoms in total. The number of rotatable bonds is 5. The van der Waals surface area contributed by atoms with E-state index in [-0.39, 0.29) is 11.6 Å². The van der Waals surface area contributed by atoms with Gasteiger partial charge in [-0.1, -0.05) is 20.3 Å². The van der Waals surface area contributed by atoms with Gasteiger partial charge in [0.2, 0.25) is 0 Å². The molecule has 0 spiro atoms. The zero-order valence-corrected chi connectivity index (χ0v) is 9.97. The Morgan fingerprint density at radius 1 is 1.50 bits per heavy atom. The van der Waals surface area contributed by atoms with Gasteiger partial charge in [-0.05, 0) is 18.8 Å². The summed E-state index contributed by atoms with van der Waals surface area (Å²) in [5.41, 5.74) is 0.0184. The molecule has 0 radical (unpaired) electrons. The highest BCUT2D eigenvalue weighted by Crippen LogP contribution is 2.33. The maximum Gasteiger partial charge on any atom is 0.328 e. The van der Waals surface area contributed by atoms with Crippen molar-refractivity contribution in [2.45, 2.75) is 51.8 Å². The Kier molecular flexibility index (Phi) is 3.19. The Hall–Kier alpha value is -1.03. The first-order chi connectivity index (χ1) is 7.63. The monoisotopic (exact) mass is 224 g/mol. The maximum atomic E-state index is 11.9. The van der Waals surface area contributed by atoms with Crippen molar-refractivity contribution in [1.82, 2.24) is 9.13 Å². The molecule has 0 aromatic carbocycles. The van der Waals surface area contributed by atoms with E-state index in [0.717, 1.165) is 19.3 Å². The van der Waals surface area contributed by atoms with Gasteiger partial charge in [-0.3, -0.25) is 9.13 Å². The average molecular weight is 224 g/mol. The van der Waals surface area contributed by atoms with Crippen molar-refractivity contribution >= 4 is 0 Å². The lowest BCUT2D eigenvalue weighted by atomic mass is 10.0. The van der Waals surface area contributed by atoms with Crippen LogP contribution >= 0.6 is 0 Å². The zero-order chi connectivity index (χ0) is 11.7. The molecule has 0 aliphatic heterocycles. The van der Waals surface area contributed by atoms with E-state index in [9.17, 15) is 9.90 Å². The molecular weight excluding hydrogens is 204 g/mol. The first-order valence-electron chi connectivity index (χ1n) is 6.08. The molecule has 2 unspecified atom stereocenters. The van der Waals surface area contributed by atoms with Gasteiger partial charge in [0.1, 0.15) is 0 Å². The highest BCUT2D eigenvalue weighted by Gasteiger charge is 2.26. The Morgan fingerprint density at radius 3 is 2.75 bits per heavy atom. The van der Waals surface area contributed by atoms with Crippen LogP contribution in [0, 0.1) is 5.92 Å². The van der Waals surface area contributed by atoms with E-state index in [1.165, 1.54) is 0 Å². The predicted octanol–water partition coefficient (Wildman–Crippen LogP) is 1.39. The summed E-state index contributed by atoms with van der Waals surface area (Å²) in [7, 11) is 0. The Bertz CT molecular complexity index is 403. The molecule has 1 saturated carbocycles. The minimum Gasteiger partial charge on any atom is -0.391 e. The van der Waals surface area contributed by atoms with Crippen LogP contribution in [0.3, 0.4) is 0 Å². The number of aliphatic hydroxyl groups is 1. The Morgan fingerprint density at radius 2 is 2.19 bits per heavy atom. The number of aromatic nitrogens is 2. The molecular formula is C12H20N2O2. The fraction of sp³-hybridized carbons (Fsp3) is 0.750. The van der Waals surface area contributed by atoms with Crippen LogP contribution in [0.4, 0.5) is 0 Å². The van der Waals surface area contributed by atoms with E-state index in [4.69, 9.17) is 0 Å². The summed E-state index contributed by atoms with van der Waals surface area (Å²) in [6.07, 6.45) is 6.34. The van der Waals surface area contributed by atoms with Crippen LogP contribution in [0.15, 0.2) is 17.2 Å². The lowest BCUT2D eigenvalue weighted by Crippen LogP contribution is -2.31. The first-order valence-corrected chi connectivity index (χ1v) is 6.08. The number of aliphatic hydroxyl groups excluding tert-OH is 1. The molecule has 0 saturated heterocycles. The van der Waals surface area contributed by atoms with Crippen LogP contribution < -0.4 is 5.69 Å². The van der Waals surface area contributed by atoms with E-state index < -0.39 is 6.10 Å². The summed E-state index contributed by atoms with van der Waals surface area (Å²) in [6, 6.07) is 0.412. The predicted molar refractivity (Wildman–Crippen MR) is 62.4 cm³/mol. The fourth-order valence-corrected chi connectivity index (χ4v) is 1.85. The molecule has 16 heavy (non-hydrogen) atoms. The summed E-state index contributed by atoms with van der Waals surface area (Å²) >= 11 is 0. The second-order valence-corrected chi connectivity index (χ2v) is 4.82. The topological polar surface area (TPSA) is 47.2 Å². The van der Waals surface area contributed by atoms with Gasteiger partial charge in [0, 0.05) is 18.4 Å². The lowest BCUT2D eigenvalue weighted by molar-refractivity contribution is 0.0954. The third-order valence-corrected chi connectivity index (χ3v) is 3.50. The molecule has 90 valence electrons. The molecule has 2 atom stereocenters. The third kappa shape index (κ3) is 2.21. The molecule has 1 aliphatic rings. The number of hydrogen-bond donors (Lipinski definition) is 1. The van der Waals surface area contributed by atoms with Crippen LogP contribution in [0.5, 0.6) is 0 Å². The van der Waals surface area contributed by atoms with Crippen LogP contribution in [0.2, 0.25) is 0 Å². The fourth-order valence-electron chi connectivity index (χ4n) is 1.85. The first kappa shape index (κ1) is 11.5. The highest BCUT2D eigenvalue weighted by molar-refractivity contribution is 4.91. The van der Waals surface area contributed by atoms with E-state index in [1.807, 2.05) is 20.0 Å². The van der Waals surface area contributed by atoms with E-state index in [0.29, 0.717) is 12.6 Å². The largest absolute Gasteiger partial charge is 0.391 e. The van der Waals surface area contributed by atoms with Crippen LogP contribution in [0.25, 0.3) is 0 Å². The molecule has 1 N–H and O–H groups in total. The molecule has 1 aliphatic carbocycles. The molecule has 1 heterocycles. The number of nitrogens with zero attached hydrogens (tertiary/aromatic N) is 2. The molecule has 2 rings (SSSR count). The maximum absolute atomic E-state index is 11.9. The van der Waals surface area contributed by atoms with Crippen molar-refractivity contribution in [2.24, 2.45) is 5.92 Å².